The standard InChI is InChI=1S/C23H28N2O2/c1-20(27-22-13-6-3-7-14-22)23(26)25-17-9-16-24(18-19-25)15-8-12-21-10-4-2-5-11-21/h2-8,10-14,20H,9,15-19H2,1H3. The minimum absolute atomic E-state index is 0.0699. The molecule has 3 rings (SSSR count). The lowest BCUT2D eigenvalue weighted by Crippen LogP contribution is -2.42. The molecule has 4 nitrogen and oxygen atoms in total. The highest BCUT2D eigenvalue weighted by atomic mass is 16.5. The van der Waals surface area contributed by atoms with Gasteiger partial charge >= 0.3 is 0 Å². The highest BCUT2D eigenvalue weighted by Gasteiger charge is 2.24. The Labute approximate surface area is 162 Å². The molecule has 142 valence electrons. The Morgan fingerprint density at radius 1 is 1.00 bits per heavy atom. The number of rotatable bonds is 6. The Kier molecular flexibility index (Phi) is 7.05. The molecule has 1 saturated heterocycles. The molecule has 1 heterocycles. The van der Waals surface area contributed by atoms with Crippen molar-refractivity contribution >= 4 is 12.0 Å². The third-order valence-corrected chi connectivity index (χ3v) is 4.78. The summed E-state index contributed by atoms with van der Waals surface area (Å²) in [6.45, 7) is 6.19. The number of carbonyl (C=O) groups is 1. The van der Waals surface area contributed by atoms with E-state index in [-0.39, 0.29) is 5.91 Å². The van der Waals surface area contributed by atoms with E-state index in [0.717, 1.165) is 44.9 Å². The van der Waals surface area contributed by atoms with Crippen LogP contribution in [0.15, 0.2) is 66.7 Å². The summed E-state index contributed by atoms with van der Waals surface area (Å²) in [4.78, 5) is 17.1. The zero-order valence-corrected chi connectivity index (χ0v) is 16.0. The summed E-state index contributed by atoms with van der Waals surface area (Å²) in [7, 11) is 0. The maximum absolute atomic E-state index is 12.7. The summed E-state index contributed by atoms with van der Waals surface area (Å²) < 4.78 is 5.79. The van der Waals surface area contributed by atoms with Gasteiger partial charge in [0.15, 0.2) is 6.10 Å². The predicted octanol–water partition coefficient (Wildman–Crippen LogP) is 3.70. The molecule has 1 unspecified atom stereocenters. The van der Waals surface area contributed by atoms with Crippen LogP contribution in [-0.4, -0.2) is 54.5 Å². The van der Waals surface area contributed by atoms with Gasteiger partial charge < -0.3 is 9.64 Å². The molecule has 0 N–H and O–H groups in total. The first kappa shape index (κ1) is 19.2. The van der Waals surface area contributed by atoms with Crippen molar-refractivity contribution in [1.82, 2.24) is 9.80 Å². The van der Waals surface area contributed by atoms with E-state index in [0.29, 0.717) is 0 Å². The van der Waals surface area contributed by atoms with E-state index in [9.17, 15) is 4.79 Å². The van der Waals surface area contributed by atoms with Gasteiger partial charge in [0.1, 0.15) is 5.75 Å². The highest BCUT2D eigenvalue weighted by molar-refractivity contribution is 5.81. The predicted molar refractivity (Wildman–Crippen MR) is 110 cm³/mol. The molecule has 1 aliphatic heterocycles. The first-order valence-electron chi connectivity index (χ1n) is 9.67. The molecule has 1 amide bonds. The number of carbonyl (C=O) groups excluding carboxylic acids is 1. The van der Waals surface area contributed by atoms with Gasteiger partial charge in [-0.3, -0.25) is 9.69 Å². The normalized spacial score (nSPS) is 16.9. The first-order valence-corrected chi connectivity index (χ1v) is 9.67. The molecule has 0 aliphatic carbocycles. The van der Waals surface area contributed by atoms with E-state index < -0.39 is 6.10 Å². The average molecular weight is 364 g/mol. The molecule has 1 fully saturated rings. The van der Waals surface area contributed by atoms with Gasteiger partial charge in [-0.2, -0.15) is 0 Å². The van der Waals surface area contributed by atoms with Crippen LogP contribution in [0.1, 0.15) is 18.9 Å². The summed E-state index contributed by atoms with van der Waals surface area (Å²) in [5.41, 5.74) is 1.22. The number of ether oxygens (including phenoxy) is 1. The minimum Gasteiger partial charge on any atom is -0.481 e. The van der Waals surface area contributed by atoms with Gasteiger partial charge in [0, 0.05) is 32.7 Å². The maximum atomic E-state index is 12.7. The Morgan fingerprint density at radius 3 is 2.44 bits per heavy atom. The van der Waals surface area contributed by atoms with E-state index in [4.69, 9.17) is 4.74 Å². The van der Waals surface area contributed by atoms with Crippen LogP contribution in [0.2, 0.25) is 0 Å². The van der Waals surface area contributed by atoms with Crippen LogP contribution >= 0.6 is 0 Å². The molecule has 0 spiro atoms. The van der Waals surface area contributed by atoms with Crippen LogP contribution in [0.25, 0.3) is 6.08 Å². The second kappa shape index (κ2) is 9.93. The van der Waals surface area contributed by atoms with Crippen molar-refractivity contribution in [3.05, 3.63) is 72.3 Å². The second-order valence-electron chi connectivity index (χ2n) is 6.87. The van der Waals surface area contributed by atoms with Gasteiger partial charge in [-0.15, -0.1) is 0 Å². The fourth-order valence-electron chi connectivity index (χ4n) is 3.29. The fourth-order valence-corrected chi connectivity index (χ4v) is 3.29. The van der Waals surface area contributed by atoms with Gasteiger partial charge in [-0.1, -0.05) is 60.7 Å². The SMILES string of the molecule is CC(Oc1ccccc1)C(=O)N1CCCN(CC=Cc2ccccc2)CC1. The molecule has 2 aromatic carbocycles. The van der Waals surface area contributed by atoms with Crippen molar-refractivity contribution in [2.24, 2.45) is 0 Å². The van der Waals surface area contributed by atoms with Crippen molar-refractivity contribution in [2.45, 2.75) is 19.4 Å². The van der Waals surface area contributed by atoms with Crippen molar-refractivity contribution in [2.75, 3.05) is 32.7 Å². The van der Waals surface area contributed by atoms with E-state index in [1.54, 1.807) is 0 Å². The van der Waals surface area contributed by atoms with E-state index in [1.165, 1.54) is 5.56 Å². The number of hydrogen-bond donors (Lipinski definition) is 0. The van der Waals surface area contributed by atoms with Gasteiger partial charge in [0.2, 0.25) is 0 Å². The molecule has 1 atom stereocenters. The molecule has 0 radical (unpaired) electrons. The number of benzene rings is 2. The largest absolute Gasteiger partial charge is 0.481 e. The van der Waals surface area contributed by atoms with Crippen LogP contribution in [0.5, 0.6) is 5.75 Å². The molecule has 0 saturated carbocycles. The smallest absolute Gasteiger partial charge is 0.263 e. The zero-order chi connectivity index (χ0) is 18.9. The quantitative estimate of drug-likeness (QED) is 0.783. The molecule has 2 aromatic rings. The number of amides is 1. The van der Waals surface area contributed by atoms with Crippen molar-refractivity contribution in [3.63, 3.8) is 0 Å². The topological polar surface area (TPSA) is 32.8 Å². The Bertz CT molecular complexity index is 731. The molecular weight excluding hydrogens is 336 g/mol. The fraction of sp³-hybridized carbons (Fsp3) is 0.348. The zero-order valence-electron chi connectivity index (χ0n) is 16.0. The lowest BCUT2D eigenvalue weighted by atomic mass is 10.2. The monoisotopic (exact) mass is 364 g/mol. The summed E-state index contributed by atoms with van der Waals surface area (Å²) in [6, 6.07) is 19.9. The number of hydrogen-bond acceptors (Lipinski definition) is 3. The number of nitrogens with zero attached hydrogens (tertiary/aromatic N) is 2. The molecule has 1 aliphatic rings. The first-order chi connectivity index (χ1) is 13.2. The van der Waals surface area contributed by atoms with Gasteiger partial charge in [-0.25, -0.2) is 0 Å². The third kappa shape index (κ3) is 5.97. The lowest BCUT2D eigenvalue weighted by molar-refractivity contribution is -0.137. The lowest BCUT2D eigenvalue weighted by Gasteiger charge is -2.25. The third-order valence-electron chi connectivity index (χ3n) is 4.78. The molecule has 27 heavy (non-hydrogen) atoms. The highest BCUT2D eigenvalue weighted by Crippen LogP contribution is 2.13. The molecular formula is C23H28N2O2. The van der Waals surface area contributed by atoms with Gasteiger partial charge in [0.05, 0.1) is 0 Å². The van der Waals surface area contributed by atoms with E-state index >= 15 is 0 Å². The minimum atomic E-state index is -0.461. The average Bonchev–Trinajstić information content (AvgIpc) is 2.95. The van der Waals surface area contributed by atoms with Crippen LogP contribution in [-0.2, 0) is 4.79 Å². The Hall–Kier alpha value is -2.59. The van der Waals surface area contributed by atoms with Crippen molar-refractivity contribution < 1.29 is 9.53 Å². The summed E-state index contributed by atoms with van der Waals surface area (Å²) in [6.07, 6.45) is 4.89. The van der Waals surface area contributed by atoms with Crippen molar-refractivity contribution in [1.29, 1.82) is 0 Å². The van der Waals surface area contributed by atoms with E-state index in [2.05, 4.69) is 29.2 Å². The van der Waals surface area contributed by atoms with Gasteiger partial charge in [0.25, 0.3) is 5.91 Å². The molecule has 0 bridgehead atoms. The van der Waals surface area contributed by atoms with Crippen LogP contribution < -0.4 is 4.74 Å². The van der Waals surface area contributed by atoms with Crippen LogP contribution in [0.3, 0.4) is 0 Å². The Morgan fingerprint density at radius 2 is 1.70 bits per heavy atom. The molecule has 0 aromatic heterocycles. The maximum Gasteiger partial charge on any atom is 0.263 e. The summed E-state index contributed by atoms with van der Waals surface area (Å²) in [5.74, 6) is 0.807. The van der Waals surface area contributed by atoms with Crippen molar-refractivity contribution in [3.8, 4) is 5.75 Å². The van der Waals surface area contributed by atoms with Gasteiger partial charge in [-0.05, 0) is 31.0 Å². The summed E-state index contributed by atoms with van der Waals surface area (Å²) in [5, 5.41) is 0. The van der Waals surface area contributed by atoms with Crippen LogP contribution in [0.4, 0.5) is 0 Å². The Balaban J connectivity index is 1.47. The second-order valence-corrected chi connectivity index (χ2v) is 6.87. The molecule has 4 heteroatoms. The summed E-state index contributed by atoms with van der Waals surface area (Å²) >= 11 is 0. The van der Waals surface area contributed by atoms with E-state index in [1.807, 2.05) is 60.4 Å². The number of para-hydroxylation sites is 1. The van der Waals surface area contributed by atoms with Crippen LogP contribution in [0, 0.1) is 0 Å².